The van der Waals surface area contributed by atoms with Gasteiger partial charge in [0, 0.05) is 18.1 Å². The highest BCUT2D eigenvalue weighted by atomic mass is 79.9. The summed E-state index contributed by atoms with van der Waals surface area (Å²) in [5, 5.41) is 2.31. The topological polar surface area (TPSA) is 32.3 Å². The number of halogens is 4. The quantitative estimate of drug-likeness (QED) is 0.778. The molecule has 2 aromatic carbocycles. The number of carbonyl (C=O) groups excluding carboxylic acids is 1. The predicted molar refractivity (Wildman–Crippen MR) is 86.1 cm³/mol. The number of rotatable bonds is 3. The highest BCUT2D eigenvalue weighted by molar-refractivity contribution is 9.10. The molecule has 0 unspecified atom stereocenters. The van der Waals surface area contributed by atoms with Gasteiger partial charge in [0.05, 0.1) is 11.3 Å². The van der Waals surface area contributed by atoms with E-state index in [0.29, 0.717) is 0 Å². The van der Waals surface area contributed by atoms with E-state index in [0.717, 1.165) is 16.1 Å². The van der Waals surface area contributed by atoms with Crippen LogP contribution in [0.2, 0.25) is 0 Å². The third kappa shape index (κ3) is 4.48. The average Bonchev–Trinajstić information content (AvgIpc) is 2.49. The van der Waals surface area contributed by atoms with Crippen LogP contribution in [0.1, 0.15) is 11.1 Å². The molecule has 0 heterocycles. The summed E-state index contributed by atoms with van der Waals surface area (Å²) in [7, 11) is 1.52. The molecule has 0 aliphatic carbocycles. The minimum atomic E-state index is -4.52. The molecular formula is C16H14BrF3N2O. The number of hydrogen-bond acceptors (Lipinski definition) is 1. The summed E-state index contributed by atoms with van der Waals surface area (Å²) in [5.74, 6) is 0. The predicted octanol–water partition coefficient (Wildman–Crippen LogP) is 5.13. The lowest BCUT2D eigenvalue weighted by molar-refractivity contribution is -0.136. The maximum Gasteiger partial charge on any atom is 0.418 e. The minimum absolute atomic E-state index is 0.260. The van der Waals surface area contributed by atoms with E-state index >= 15 is 0 Å². The van der Waals surface area contributed by atoms with Crippen molar-refractivity contribution in [1.29, 1.82) is 0 Å². The van der Waals surface area contributed by atoms with Crippen molar-refractivity contribution in [3.05, 3.63) is 64.1 Å². The Kier molecular flexibility index (Phi) is 5.30. The maximum absolute atomic E-state index is 12.9. The molecule has 23 heavy (non-hydrogen) atoms. The van der Waals surface area contributed by atoms with E-state index in [2.05, 4.69) is 21.2 Å². The van der Waals surface area contributed by atoms with Gasteiger partial charge in [0.1, 0.15) is 0 Å². The molecule has 122 valence electrons. The number of hydrogen-bond donors (Lipinski definition) is 1. The van der Waals surface area contributed by atoms with E-state index in [-0.39, 0.29) is 12.2 Å². The number of alkyl halides is 3. The number of anilines is 1. The smallest absolute Gasteiger partial charge is 0.323 e. The first kappa shape index (κ1) is 17.3. The monoisotopic (exact) mass is 386 g/mol. The number of amides is 2. The van der Waals surface area contributed by atoms with Crippen LogP contribution in [0.4, 0.5) is 23.7 Å². The van der Waals surface area contributed by atoms with Crippen LogP contribution >= 0.6 is 15.9 Å². The largest absolute Gasteiger partial charge is 0.418 e. The van der Waals surface area contributed by atoms with Crippen LogP contribution in [0.5, 0.6) is 0 Å². The van der Waals surface area contributed by atoms with Gasteiger partial charge in [-0.25, -0.2) is 4.79 Å². The van der Waals surface area contributed by atoms with E-state index in [1.807, 2.05) is 24.3 Å². The van der Waals surface area contributed by atoms with Gasteiger partial charge in [0.25, 0.3) is 0 Å². The van der Waals surface area contributed by atoms with E-state index in [1.54, 1.807) is 0 Å². The fourth-order valence-corrected chi connectivity index (χ4v) is 2.41. The van der Waals surface area contributed by atoms with Gasteiger partial charge in [-0.1, -0.05) is 46.3 Å². The summed E-state index contributed by atoms with van der Waals surface area (Å²) >= 11 is 3.37. The summed E-state index contributed by atoms with van der Waals surface area (Å²) in [6.45, 7) is 0.265. The average molecular weight is 387 g/mol. The van der Waals surface area contributed by atoms with Crippen molar-refractivity contribution < 1.29 is 18.0 Å². The Morgan fingerprint density at radius 1 is 1.13 bits per heavy atom. The van der Waals surface area contributed by atoms with E-state index < -0.39 is 17.8 Å². The van der Waals surface area contributed by atoms with Gasteiger partial charge in [-0.3, -0.25) is 0 Å². The summed E-state index contributed by atoms with van der Waals surface area (Å²) in [6, 6.07) is 11.6. The highest BCUT2D eigenvalue weighted by Crippen LogP contribution is 2.34. The summed E-state index contributed by atoms with van der Waals surface area (Å²) < 4.78 is 39.6. The van der Waals surface area contributed by atoms with E-state index in [1.165, 1.54) is 30.1 Å². The molecule has 0 aliphatic rings. The molecule has 1 N–H and O–H groups in total. The first-order chi connectivity index (χ1) is 10.8. The second kappa shape index (κ2) is 7.04. The second-order valence-corrected chi connectivity index (χ2v) is 5.78. The summed E-state index contributed by atoms with van der Waals surface area (Å²) in [6.07, 6.45) is -4.52. The maximum atomic E-state index is 12.9. The molecule has 0 radical (unpaired) electrons. The van der Waals surface area contributed by atoms with Gasteiger partial charge in [-0.15, -0.1) is 0 Å². The Morgan fingerprint density at radius 2 is 1.74 bits per heavy atom. The number of urea groups is 1. The van der Waals surface area contributed by atoms with Gasteiger partial charge in [0.15, 0.2) is 0 Å². The Hall–Kier alpha value is -2.02. The SMILES string of the molecule is CN(Cc1ccccc1Br)C(=O)Nc1ccccc1C(F)(F)F. The molecule has 0 saturated carbocycles. The fourth-order valence-electron chi connectivity index (χ4n) is 2.00. The van der Waals surface area contributed by atoms with Crippen LogP contribution < -0.4 is 5.32 Å². The van der Waals surface area contributed by atoms with Crippen molar-refractivity contribution in [2.75, 3.05) is 12.4 Å². The normalized spacial score (nSPS) is 11.2. The molecule has 0 aromatic heterocycles. The second-order valence-electron chi connectivity index (χ2n) is 4.92. The first-order valence-corrected chi connectivity index (χ1v) is 7.50. The Morgan fingerprint density at radius 3 is 2.39 bits per heavy atom. The molecular weight excluding hydrogens is 373 g/mol. The van der Waals surface area contributed by atoms with Gasteiger partial charge in [-0.2, -0.15) is 13.2 Å². The van der Waals surface area contributed by atoms with Crippen molar-refractivity contribution in [2.45, 2.75) is 12.7 Å². The molecule has 0 aliphatic heterocycles. The van der Waals surface area contributed by atoms with Crippen molar-refractivity contribution in [1.82, 2.24) is 4.90 Å². The third-order valence-corrected chi connectivity index (χ3v) is 3.96. The van der Waals surface area contributed by atoms with Gasteiger partial charge < -0.3 is 10.2 Å². The van der Waals surface area contributed by atoms with Gasteiger partial charge in [0.2, 0.25) is 0 Å². The molecule has 3 nitrogen and oxygen atoms in total. The molecule has 0 saturated heterocycles. The summed E-state index contributed by atoms with van der Waals surface area (Å²) in [4.78, 5) is 13.5. The molecule has 2 aromatic rings. The van der Waals surface area contributed by atoms with Crippen molar-refractivity contribution >= 4 is 27.6 Å². The lowest BCUT2D eigenvalue weighted by Gasteiger charge is -2.20. The van der Waals surface area contributed by atoms with Crippen LogP contribution in [0, 0.1) is 0 Å². The van der Waals surface area contributed by atoms with Gasteiger partial charge in [-0.05, 0) is 23.8 Å². The van der Waals surface area contributed by atoms with Crippen LogP contribution in [-0.2, 0) is 12.7 Å². The molecule has 0 fully saturated rings. The number of benzene rings is 2. The number of nitrogens with one attached hydrogen (secondary N) is 1. The van der Waals surface area contributed by atoms with Crippen LogP contribution in [0.15, 0.2) is 53.0 Å². The molecule has 2 rings (SSSR count). The van der Waals surface area contributed by atoms with E-state index in [9.17, 15) is 18.0 Å². The highest BCUT2D eigenvalue weighted by Gasteiger charge is 2.33. The molecule has 0 bridgehead atoms. The third-order valence-electron chi connectivity index (χ3n) is 3.19. The number of carbonyl (C=O) groups is 1. The van der Waals surface area contributed by atoms with Crippen LogP contribution in [-0.4, -0.2) is 18.0 Å². The van der Waals surface area contributed by atoms with Crippen molar-refractivity contribution in [3.63, 3.8) is 0 Å². The Labute approximate surface area is 140 Å². The number of nitrogens with zero attached hydrogens (tertiary/aromatic N) is 1. The molecule has 0 spiro atoms. The number of para-hydroxylation sites is 1. The molecule has 0 atom stereocenters. The zero-order valence-corrected chi connectivity index (χ0v) is 13.8. The van der Waals surface area contributed by atoms with Gasteiger partial charge >= 0.3 is 12.2 Å². The Bertz CT molecular complexity index is 704. The van der Waals surface area contributed by atoms with Crippen LogP contribution in [0.25, 0.3) is 0 Å². The fraction of sp³-hybridized carbons (Fsp3) is 0.188. The summed E-state index contributed by atoms with van der Waals surface area (Å²) in [5.41, 5.74) is -0.277. The zero-order chi connectivity index (χ0) is 17.0. The molecule has 7 heteroatoms. The lowest BCUT2D eigenvalue weighted by atomic mass is 10.1. The van der Waals surface area contributed by atoms with Crippen LogP contribution in [0.3, 0.4) is 0 Å². The first-order valence-electron chi connectivity index (χ1n) is 6.71. The standard InChI is InChI=1S/C16H14BrF3N2O/c1-22(10-11-6-2-4-8-13(11)17)15(23)21-14-9-5-3-7-12(14)16(18,19)20/h2-9H,10H2,1H3,(H,21,23). The molecule has 2 amide bonds. The van der Waals surface area contributed by atoms with Crippen molar-refractivity contribution in [3.8, 4) is 0 Å². The lowest BCUT2D eigenvalue weighted by Crippen LogP contribution is -2.31. The zero-order valence-electron chi connectivity index (χ0n) is 12.2. The minimum Gasteiger partial charge on any atom is -0.323 e. The van der Waals surface area contributed by atoms with E-state index in [4.69, 9.17) is 0 Å². The van der Waals surface area contributed by atoms with Crippen molar-refractivity contribution in [2.24, 2.45) is 0 Å². The Balaban J connectivity index is 2.12.